The Hall–Kier alpha value is -2.94. The average molecular weight is 313 g/mol. The van der Waals surface area contributed by atoms with Crippen molar-refractivity contribution in [2.45, 2.75) is 19.5 Å². The molecule has 2 heterocycles. The fourth-order valence-corrected chi connectivity index (χ4v) is 2.98. The van der Waals surface area contributed by atoms with Crippen LogP contribution in [0.4, 0.5) is 0 Å². The van der Waals surface area contributed by atoms with Crippen LogP contribution in [0.25, 0.3) is 11.3 Å². The van der Waals surface area contributed by atoms with Gasteiger partial charge in [-0.05, 0) is 31.5 Å². The molecule has 1 aliphatic rings. The van der Waals surface area contributed by atoms with Crippen LogP contribution in [0.1, 0.15) is 25.1 Å². The van der Waals surface area contributed by atoms with Crippen LogP contribution in [-0.2, 0) is 0 Å². The Balaban J connectivity index is 1.76. The molecular formula is C21H19N3. The fraction of sp³-hybridized carbons (Fsp3) is 0.143. The number of hydrogen-bond acceptors (Lipinski definition) is 2. The van der Waals surface area contributed by atoms with E-state index in [4.69, 9.17) is 9.98 Å². The van der Waals surface area contributed by atoms with Gasteiger partial charge in [0.05, 0.1) is 11.4 Å². The van der Waals surface area contributed by atoms with Crippen molar-refractivity contribution in [3.8, 4) is 11.3 Å². The zero-order chi connectivity index (χ0) is 16.6. The monoisotopic (exact) mass is 313 g/mol. The second-order valence-corrected chi connectivity index (χ2v) is 6.43. The number of nitrogens with zero attached hydrogens (tertiary/aromatic N) is 2. The van der Waals surface area contributed by atoms with Crippen LogP contribution in [0.15, 0.2) is 82.8 Å². The lowest BCUT2D eigenvalue weighted by Crippen LogP contribution is -2.14. The van der Waals surface area contributed by atoms with Crippen LogP contribution in [0.3, 0.4) is 0 Å². The predicted octanol–water partition coefficient (Wildman–Crippen LogP) is 4.71. The van der Waals surface area contributed by atoms with Gasteiger partial charge in [0, 0.05) is 11.3 Å². The predicted molar refractivity (Wildman–Crippen MR) is 99.8 cm³/mol. The van der Waals surface area contributed by atoms with Gasteiger partial charge in [-0.2, -0.15) is 0 Å². The van der Waals surface area contributed by atoms with Crippen molar-refractivity contribution >= 4 is 11.4 Å². The summed E-state index contributed by atoms with van der Waals surface area (Å²) in [5, 5.41) is 0. The highest BCUT2D eigenvalue weighted by atomic mass is 15.1. The van der Waals surface area contributed by atoms with E-state index in [9.17, 15) is 0 Å². The lowest BCUT2D eigenvalue weighted by molar-refractivity contribution is 0.566. The minimum absolute atomic E-state index is 0.432. The second kappa shape index (κ2) is 5.60. The summed E-state index contributed by atoms with van der Waals surface area (Å²) in [6, 6.07) is 24.7. The number of aromatic nitrogens is 1. The zero-order valence-electron chi connectivity index (χ0n) is 13.8. The van der Waals surface area contributed by atoms with Gasteiger partial charge in [-0.15, -0.1) is 0 Å². The first-order valence-corrected chi connectivity index (χ1v) is 8.13. The minimum Gasteiger partial charge on any atom is -0.353 e. The van der Waals surface area contributed by atoms with Gasteiger partial charge in [-0.1, -0.05) is 60.7 Å². The van der Waals surface area contributed by atoms with Crippen LogP contribution in [0, 0.1) is 0 Å². The first kappa shape index (κ1) is 14.6. The van der Waals surface area contributed by atoms with Crippen LogP contribution < -0.4 is 0 Å². The molecule has 118 valence electrons. The zero-order valence-corrected chi connectivity index (χ0v) is 13.8. The van der Waals surface area contributed by atoms with E-state index >= 15 is 0 Å². The fourth-order valence-electron chi connectivity index (χ4n) is 2.98. The highest BCUT2D eigenvalue weighted by Gasteiger charge is 2.29. The minimum atomic E-state index is -0.432. The number of nitrogens with one attached hydrogen (secondary N) is 1. The topological polar surface area (TPSA) is 40.5 Å². The third-order valence-corrected chi connectivity index (χ3v) is 4.07. The Morgan fingerprint density at radius 3 is 1.83 bits per heavy atom. The lowest BCUT2D eigenvalue weighted by atomic mass is 10.0. The summed E-state index contributed by atoms with van der Waals surface area (Å²) in [4.78, 5) is 13.2. The van der Waals surface area contributed by atoms with E-state index in [1.165, 1.54) is 5.56 Å². The van der Waals surface area contributed by atoms with Crippen molar-refractivity contribution in [3.63, 3.8) is 0 Å². The van der Waals surface area contributed by atoms with E-state index in [2.05, 4.69) is 41.4 Å². The molecule has 1 N–H and O–H groups in total. The van der Waals surface area contributed by atoms with Crippen molar-refractivity contribution in [1.29, 1.82) is 0 Å². The molecule has 0 saturated heterocycles. The first-order chi connectivity index (χ1) is 11.6. The Morgan fingerprint density at radius 1 is 0.625 bits per heavy atom. The average Bonchev–Trinajstić information content (AvgIpc) is 3.21. The number of benzene rings is 2. The Labute approximate surface area is 141 Å². The van der Waals surface area contributed by atoms with Crippen LogP contribution >= 0.6 is 0 Å². The molecule has 24 heavy (non-hydrogen) atoms. The smallest absolute Gasteiger partial charge is 0.146 e. The maximum absolute atomic E-state index is 4.84. The van der Waals surface area contributed by atoms with Crippen molar-refractivity contribution < 1.29 is 0 Å². The molecule has 0 bridgehead atoms. The van der Waals surface area contributed by atoms with Gasteiger partial charge in [0.2, 0.25) is 0 Å². The van der Waals surface area contributed by atoms with E-state index in [0.29, 0.717) is 0 Å². The van der Waals surface area contributed by atoms with Crippen LogP contribution in [0.5, 0.6) is 0 Å². The lowest BCUT2D eigenvalue weighted by Gasteiger charge is -2.07. The maximum atomic E-state index is 4.84. The Kier molecular flexibility index (Phi) is 3.42. The summed E-state index contributed by atoms with van der Waals surface area (Å²) in [5.74, 6) is 0. The summed E-state index contributed by atoms with van der Waals surface area (Å²) >= 11 is 0. The van der Waals surface area contributed by atoms with Gasteiger partial charge in [0.1, 0.15) is 11.4 Å². The third kappa shape index (κ3) is 2.69. The van der Waals surface area contributed by atoms with E-state index in [1.54, 1.807) is 0 Å². The molecule has 0 atom stereocenters. The number of H-pyrrole nitrogens is 1. The highest BCUT2D eigenvalue weighted by Crippen LogP contribution is 2.26. The molecule has 0 spiro atoms. The number of rotatable bonds is 3. The van der Waals surface area contributed by atoms with Crippen molar-refractivity contribution in [1.82, 2.24) is 4.98 Å². The second-order valence-electron chi connectivity index (χ2n) is 6.43. The molecule has 2 aromatic carbocycles. The van der Waals surface area contributed by atoms with E-state index < -0.39 is 5.66 Å². The van der Waals surface area contributed by atoms with Crippen molar-refractivity contribution in [2.24, 2.45) is 9.98 Å². The number of hydrogen-bond donors (Lipinski definition) is 1. The molecule has 4 rings (SSSR count). The van der Waals surface area contributed by atoms with Gasteiger partial charge in [0.15, 0.2) is 0 Å². The molecule has 3 aromatic rings. The van der Waals surface area contributed by atoms with Crippen LogP contribution in [0.2, 0.25) is 0 Å². The van der Waals surface area contributed by atoms with E-state index in [1.807, 2.05) is 50.2 Å². The highest BCUT2D eigenvalue weighted by molar-refractivity contribution is 6.54. The molecule has 3 heteroatoms. The maximum Gasteiger partial charge on any atom is 0.146 e. The van der Waals surface area contributed by atoms with Gasteiger partial charge in [0.25, 0.3) is 0 Å². The molecule has 3 nitrogen and oxygen atoms in total. The molecule has 0 unspecified atom stereocenters. The van der Waals surface area contributed by atoms with Gasteiger partial charge in [-0.3, -0.25) is 9.98 Å². The summed E-state index contributed by atoms with van der Waals surface area (Å²) in [6.07, 6.45) is 0. The van der Waals surface area contributed by atoms with E-state index in [-0.39, 0.29) is 0 Å². The summed E-state index contributed by atoms with van der Waals surface area (Å²) < 4.78 is 0. The van der Waals surface area contributed by atoms with Crippen molar-refractivity contribution in [2.75, 3.05) is 0 Å². The summed E-state index contributed by atoms with van der Waals surface area (Å²) in [7, 11) is 0. The Bertz CT molecular complexity index is 916. The normalized spacial score (nSPS) is 15.9. The molecule has 0 saturated carbocycles. The first-order valence-electron chi connectivity index (χ1n) is 8.13. The van der Waals surface area contributed by atoms with Crippen LogP contribution in [-0.4, -0.2) is 22.1 Å². The summed E-state index contributed by atoms with van der Waals surface area (Å²) in [5.41, 5.74) is 5.79. The molecule has 0 fully saturated rings. The molecule has 0 aliphatic carbocycles. The standard InChI is InChI=1S/C21H19N3/c1-21(2)23-19(16-11-7-4-8-12-16)20(24-21)18-14-13-17(22-18)15-9-5-3-6-10-15/h3-14,22H,1-2H3. The van der Waals surface area contributed by atoms with Crippen molar-refractivity contribution in [3.05, 3.63) is 84.1 Å². The number of aliphatic imine (C=N–C) groups is 2. The molecule has 0 radical (unpaired) electrons. The van der Waals surface area contributed by atoms with E-state index in [0.717, 1.165) is 28.4 Å². The molecular weight excluding hydrogens is 294 g/mol. The van der Waals surface area contributed by atoms with Gasteiger partial charge >= 0.3 is 0 Å². The molecule has 0 amide bonds. The largest absolute Gasteiger partial charge is 0.353 e. The van der Waals surface area contributed by atoms with Gasteiger partial charge < -0.3 is 4.98 Å². The summed E-state index contributed by atoms with van der Waals surface area (Å²) in [6.45, 7) is 4.06. The number of aromatic amines is 1. The molecule has 1 aliphatic heterocycles. The third-order valence-electron chi connectivity index (χ3n) is 4.07. The molecule has 1 aromatic heterocycles. The van der Waals surface area contributed by atoms with Gasteiger partial charge in [-0.25, -0.2) is 0 Å². The Morgan fingerprint density at radius 2 is 1.17 bits per heavy atom. The quantitative estimate of drug-likeness (QED) is 0.727. The SMILES string of the molecule is CC1(C)N=C(c2ccccc2)C(c2ccc(-c3ccccc3)[nH]2)=N1.